The zero-order valence-corrected chi connectivity index (χ0v) is 9.31. The van der Waals surface area contributed by atoms with E-state index in [1.165, 1.54) is 25.3 Å². The van der Waals surface area contributed by atoms with Crippen molar-refractivity contribution in [2.24, 2.45) is 5.92 Å². The first-order valence-corrected chi connectivity index (χ1v) is 5.25. The van der Waals surface area contributed by atoms with Gasteiger partial charge in [0.25, 0.3) is 0 Å². The summed E-state index contributed by atoms with van der Waals surface area (Å²) in [5.41, 5.74) is -0.978. The highest BCUT2D eigenvalue weighted by Crippen LogP contribution is 2.48. The van der Waals surface area contributed by atoms with Gasteiger partial charge in [-0.25, -0.2) is 4.39 Å². The van der Waals surface area contributed by atoms with Crippen LogP contribution in [0.2, 0.25) is 0 Å². The first-order valence-electron chi connectivity index (χ1n) is 5.25. The van der Waals surface area contributed by atoms with Crippen molar-refractivity contribution >= 4 is 5.97 Å². The Labute approximate surface area is 97.6 Å². The van der Waals surface area contributed by atoms with E-state index >= 15 is 0 Å². The predicted molar refractivity (Wildman–Crippen MR) is 57.2 cm³/mol. The molecule has 1 aromatic rings. The number of hydrogen-bond donors (Lipinski definition) is 2. The van der Waals surface area contributed by atoms with Crippen molar-refractivity contribution in [3.63, 3.8) is 0 Å². The fourth-order valence-corrected chi connectivity index (χ4v) is 2.19. The van der Waals surface area contributed by atoms with Crippen LogP contribution in [0.5, 0.6) is 5.75 Å². The molecule has 2 N–H and O–H groups in total. The number of rotatable bonds is 3. The van der Waals surface area contributed by atoms with Gasteiger partial charge in [0.1, 0.15) is 11.6 Å². The van der Waals surface area contributed by atoms with Crippen molar-refractivity contribution in [2.75, 3.05) is 7.11 Å². The summed E-state index contributed by atoms with van der Waals surface area (Å²) in [4.78, 5) is 10.7. The van der Waals surface area contributed by atoms with Crippen LogP contribution in [0.1, 0.15) is 18.4 Å². The lowest BCUT2D eigenvalue weighted by Gasteiger charge is -2.42. The summed E-state index contributed by atoms with van der Waals surface area (Å²) in [7, 11) is 1.42. The second-order valence-corrected chi connectivity index (χ2v) is 4.32. The second-order valence-electron chi connectivity index (χ2n) is 4.32. The average Bonchev–Trinajstić information content (AvgIpc) is 2.24. The van der Waals surface area contributed by atoms with Gasteiger partial charge in [-0.05, 0) is 31.0 Å². The molecular weight excluding hydrogens is 227 g/mol. The molecule has 0 unspecified atom stereocenters. The van der Waals surface area contributed by atoms with Gasteiger partial charge in [-0.15, -0.1) is 0 Å². The lowest BCUT2D eigenvalue weighted by Crippen LogP contribution is -2.44. The highest BCUT2D eigenvalue weighted by atomic mass is 19.1. The zero-order valence-electron chi connectivity index (χ0n) is 9.31. The first kappa shape index (κ1) is 11.9. The quantitative estimate of drug-likeness (QED) is 0.840. The number of aliphatic hydroxyl groups is 1. The summed E-state index contributed by atoms with van der Waals surface area (Å²) in [5.74, 6) is -1.62. The van der Waals surface area contributed by atoms with Gasteiger partial charge in [0.15, 0.2) is 0 Å². The van der Waals surface area contributed by atoms with Gasteiger partial charge in [-0.2, -0.15) is 0 Å². The van der Waals surface area contributed by atoms with Crippen LogP contribution in [0.4, 0.5) is 4.39 Å². The molecule has 1 aliphatic rings. The van der Waals surface area contributed by atoms with E-state index in [2.05, 4.69) is 0 Å². The molecule has 92 valence electrons. The smallest absolute Gasteiger partial charge is 0.306 e. The van der Waals surface area contributed by atoms with E-state index in [0.717, 1.165) is 0 Å². The molecule has 17 heavy (non-hydrogen) atoms. The topological polar surface area (TPSA) is 66.8 Å². The van der Waals surface area contributed by atoms with E-state index in [-0.39, 0.29) is 12.8 Å². The molecule has 2 rings (SSSR count). The largest absolute Gasteiger partial charge is 0.496 e. The molecule has 4 nitrogen and oxygen atoms in total. The van der Waals surface area contributed by atoms with Crippen LogP contribution in [0.15, 0.2) is 18.2 Å². The van der Waals surface area contributed by atoms with Crippen LogP contribution < -0.4 is 4.74 Å². The molecule has 0 atom stereocenters. The molecule has 0 amide bonds. The van der Waals surface area contributed by atoms with Crippen LogP contribution in [0.3, 0.4) is 0 Å². The van der Waals surface area contributed by atoms with Gasteiger partial charge in [-0.1, -0.05) is 0 Å². The molecule has 0 aliphatic heterocycles. The number of carboxylic acid groups (broad SMARTS) is 1. The van der Waals surface area contributed by atoms with Crippen LogP contribution in [-0.4, -0.2) is 23.3 Å². The molecule has 5 heteroatoms. The van der Waals surface area contributed by atoms with Gasteiger partial charge < -0.3 is 14.9 Å². The molecule has 0 radical (unpaired) electrons. The molecule has 0 bridgehead atoms. The molecule has 0 spiro atoms. The Balaban J connectivity index is 2.29. The summed E-state index contributed by atoms with van der Waals surface area (Å²) >= 11 is 0. The molecule has 1 saturated carbocycles. The van der Waals surface area contributed by atoms with Gasteiger partial charge in [-0.3, -0.25) is 4.79 Å². The van der Waals surface area contributed by atoms with Crippen LogP contribution in [0, 0.1) is 11.7 Å². The summed E-state index contributed by atoms with van der Waals surface area (Å²) in [6.45, 7) is 0. The number of hydrogen-bond acceptors (Lipinski definition) is 3. The number of ether oxygens (including phenoxy) is 1. The highest BCUT2D eigenvalue weighted by molar-refractivity contribution is 5.72. The fourth-order valence-electron chi connectivity index (χ4n) is 2.19. The Kier molecular flexibility index (Phi) is 2.79. The lowest BCUT2D eigenvalue weighted by atomic mass is 9.67. The fraction of sp³-hybridized carbons (Fsp3) is 0.417. The Morgan fingerprint density at radius 3 is 2.71 bits per heavy atom. The molecule has 0 heterocycles. The van der Waals surface area contributed by atoms with Gasteiger partial charge in [0.05, 0.1) is 18.6 Å². The third-order valence-corrected chi connectivity index (χ3v) is 3.18. The number of methoxy groups -OCH3 is 1. The SMILES string of the molecule is COc1ccc(F)cc1C1(O)CC(C(=O)O)C1. The zero-order chi connectivity index (χ0) is 12.6. The Hall–Kier alpha value is -1.62. The Morgan fingerprint density at radius 2 is 2.18 bits per heavy atom. The number of carbonyl (C=O) groups is 1. The predicted octanol–water partition coefficient (Wildman–Crippen LogP) is 1.52. The summed E-state index contributed by atoms with van der Waals surface area (Å²) in [5, 5.41) is 19.0. The maximum Gasteiger partial charge on any atom is 0.306 e. The lowest BCUT2D eigenvalue weighted by molar-refractivity contribution is -0.159. The van der Waals surface area contributed by atoms with E-state index in [0.29, 0.717) is 11.3 Å². The maximum absolute atomic E-state index is 13.1. The van der Waals surface area contributed by atoms with E-state index in [4.69, 9.17) is 9.84 Å². The third-order valence-electron chi connectivity index (χ3n) is 3.18. The normalized spacial score (nSPS) is 27.4. The van der Waals surface area contributed by atoms with Gasteiger partial charge in [0.2, 0.25) is 0 Å². The molecule has 0 saturated heterocycles. The van der Waals surface area contributed by atoms with E-state index in [1.54, 1.807) is 0 Å². The molecule has 1 aliphatic carbocycles. The summed E-state index contributed by atoms with van der Waals surface area (Å²) in [6, 6.07) is 3.85. The standard InChI is InChI=1S/C12H13FO4/c1-17-10-3-2-8(13)4-9(10)12(16)5-7(6-12)11(14)15/h2-4,7,16H,5-6H2,1H3,(H,14,15). The number of halogens is 1. The van der Waals surface area contributed by atoms with Crippen LogP contribution in [0.25, 0.3) is 0 Å². The monoisotopic (exact) mass is 240 g/mol. The van der Waals surface area contributed by atoms with Crippen molar-refractivity contribution in [1.82, 2.24) is 0 Å². The summed E-state index contributed by atoms with van der Waals surface area (Å²) < 4.78 is 18.2. The first-order chi connectivity index (χ1) is 7.96. The molecular formula is C12H13FO4. The molecule has 1 fully saturated rings. The van der Waals surface area contributed by atoms with E-state index < -0.39 is 23.3 Å². The van der Waals surface area contributed by atoms with Crippen molar-refractivity contribution in [3.8, 4) is 5.75 Å². The number of benzene rings is 1. The molecule has 1 aromatic carbocycles. The number of carboxylic acids is 1. The van der Waals surface area contributed by atoms with Gasteiger partial charge >= 0.3 is 5.97 Å². The van der Waals surface area contributed by atoms with Crippen molar-refractivity contribution in [1.29, 1.82) is 0 Å². The maximum atomic E-state index is 13.1. The van der Waals surface area contributed by atoms with Crippen LogP contribution in [-0.2, 0) is 10.4 Å². The third kappa shape index (κ3) is 1.98. The minimum atomic E-state index is -1.30. The van der Waals surface area contributed by atoms with Crippen molar-refractivity contribution < 1.29 is 24.1 Å². The van der Waals surface area contributed by atoms with Crippen molar-refractivity contribution in [2.45, 2.75) is 18.4 Å². The van der Waals surface area contributed by atoms with Crippen molar-refractivity contribution in [3.05, 3.63) is 29.6 Å². The second kappa shape index (κ2) is 4.00. The van der Waals surface area contributed by atoms with E-state index in [1.807, 2.05) is 0 Å². The average molecular weight is 240 g/mol. The van der Waals surface area contributed by atoms with E-state index in [9.17, 15) is 14.3 Å². The van der Waals surface area contributed by atoms with Crippen LogP contribution >= 0.6 is 0 Å². The highest BCUT2D eigenvalue weighted by Gasteiger charge is 2.48. The molecule has 0 aromatic heterocycles. The Bertz CT molecular complexity index is 452. The minimum absolute atomic E-state index is 0.0855. The minimum Gasteiger partial charge on any atom is -0.496 e. The van der Waals surface area contributed by atoms with Gasteiger partial charge in [0, 0.05) is 5.56 Å². The Morgan fingerprint density at radius 1 is 1.53 bits per heavy atom. The number of aliphatic carboxylic acids is 1. The summed E-state index contributed by atoms with van der Waals surface area (Å²) in [6.07, 6.45) is 0.171.